The van der Waals surface area contributed by atoms with E-state index in [2.05, 4.69) is 0 Å². The molecule has 86 valence electrons. The van der Waals surface area contributed by atoms with Crippen LogP contribution in [-0.4, -0.2) is 17.0 Å². The SMILES string of the molecule is [2H]C1([2H])CC(O)C(=O)C(N)(c2ccccc2Cl)C1. The van der Waals surface area contributed by atoms with Crippen molar-refractivity contribution in [2.45, 2.75) is 30.9 Å². The molecule has 0 radical (unpaired) electrons. The molecular formula is C12H14ClNO2. The van der Waals surface area contributed by atoms with Crippen molar-refractivity contribution in [1.82, 2.24) is 0 Å². The normalized spacial score (nSPS) is 35.4. The molecule has 3 N–H and O–H groups in total. The highest BCUT2D eigenvalue weighted by Crippen LogP contribution is 2.35. The Morgan fingerprint density at radius 3 is 2.94 bits per heavy atom. The van der Waals surface area contributed by atoms with Crippen LogP contribution in [0, 0.1) is 0 Å². The summed E-state index contributed by atoms with van der Waals surface area (Å²) in [6.45, 7) is 0. The summed E-state index contributed by atoms with van der Waals surface area (Å²) in [4.78, 5) is 12.1. The van der Waals surface area contributed by atoms with Gasteiger partial charge in [-0.1, -0.05) is 29.8 Å². The quantitative estimate of drug-likeness (QED) is 0.785. The van der Waals surface area contributed by atoms with E-state index in [1.165, 1.54) is 0 Å². The second-order valence-corrected chi connectivity index (χ2v) is 4.37. The van der Waals surface area contributed by atoms with Crippen molar-refractivity contribution in [3.63, 3.8) is 0 Å². The maximum Gasteiger partial charge on any atom is 0.185 e. The lowest BCUT2D eigenvalue weighted by molar-refractivity contribution is -0.136. The maximum absolute atomic E-state index is 12.1. The maximum atomic E-state index is 12.1. The first-order chi connectivity index (χ1) is 8.26. The molecule has 0 saturated heterocycles. The molecule has 3 nitrogen and oxygen atoms in total. The summed E-state index contributed by atoms with van der Waals surface area (Å²) in [6, 6.07) is 6.57. The van der Waals surface area contributed by atoms with Crippen molar-refractivity contribution in [2.75, 3.05) is 0 Å². The zero-order valence-corrected chi connectivity index (χ0v) is 9.37. The summed E-state index contributed by atoms with van der Waals surface area (Å²) in [5, 5.41) is 9.99. The number of carbonyl (C=O) groups excluding carboxylic acids is 1. The first kappa shape index (κ1) is 9.16. The van der Waals surface area contributed by atoms with Crippen LogP contribution in [0.2, 0.25) is 5.02 Å². The number of aliphatic hydroxyl groups excluding tert-OH is 1. The predicted molar refractivity (Wildman–Crippen MR) is 62.2 cm³/mol. The number of hydrogen-bond donors (Lipinski definition) is 2. The highest BCUT2D eigenvalue weighted by atomic mass is 35.5. The molecule has 0 aliphatic heterocycles. The lowest BCUT2D eigenvalue weighted by atomic mass is 9.75. The number of nitrogens with two attached hydrogens (primary N) is 1. The first-order valence-corrected chi connectivity index (χ1v) is 5.40. The molecule has 0 spiro atoms. The van der Waals surface area contributed by atoms with Gasteiger partial charge in [-0.05, 0) is 30.8 Å². The van der Waals surface area contributed by atoms with E-state index in [0.717, 1.165) is 0 Å². The zero-order valence-electron chi connectivity index (χ0n) is 10.6. The van der Waals surface area contributed by atoms with E-state index in [4.69, 9.17) is 20.1 Å². The first-order valence-electron chi connectivity index (χ1n) is 6.02. The molecule has 2 unspecified atom stereocenters. The lowest BCUT2D eigenvalue weighted by Gasteiger charge is -2.35. The van der Waals surface area contributed by atoms with Crippen molar-refractivity contribution in [3.8, 4) is 0 Å². The van der Waals surface area contributed by atoms with Gasteiger partial charge in [0.2, 0.25) is 0 Å². The Labute approximate surface area is 102 Å². The van der Waals surface area contributed by atoms with E-state index in [-0.39, 0.29) is 12.8 Å². The number of rotatable bonds is 1. The summed E-state index contributed by atoms with van der Waals surface area (Å²) in [6.07, 6.45) is -3.49. The van der Waals surface area contributed by atoms with Crippen LogP contribution in [0.25, 0.3) is 0 Å². The molecule has 0 bridgehead atoms. The number of benzene rings is 1. The molecule has 0 amide bonds. The number of aliphatic hydroxyl groups is 1. The average Bonchev–Trinajstić information content (AvgIpc) is 2.25. The molecule has 1 fully saturated rings. The Kier molecular flexibility index (Phi) is 2.39. The van der Waals surface area contributed by atoms with Crippen molar-refractivity contribution in [2.24, 2.45) is 5.73 Å². The van der Waals surface area contributed by atoms with Gasteiger partial charge < -0.3 is 10.8 Å². The molecule has 1 aromatic carbocycles. The second kappa shape index (κ2) is 4.17. The van der Waals surface area contributed by atoms with Gasteiger partial charge in [-0.15, -0.1) is 0 Å². The highest BCUT2D eigenvalue weighted by molar-refractivity contribution is 6.31. The van der Waals surface area contributed by atoms with Gasteiger partial charge in [0.25, 0.3) is 0 Å². The van der Waals surface area contributed by atoms with E-state index < -0.39 is 23.8 Å². The third-order valence-corrected chi connectivity index (χ3v) is 3.17. The molecule has 0 aromatic heterocycles. The molecule has 4 heteroatoms. The lowest BCUT2D eigenvalue weighted by Crippen LogP contribution is -2.52. The molecule has 16 heavy (non-hydrogen) atoms. The van der Waals surface area contributed by atoms with Crippen molar-refractivity contribution in [1.29, 1.82) is 0 Å². The molecule has 2 atom stereocenters. The fourth-order valence-corrected chi connectivity index (χ4v) is 2.24. The minimum absolute atomic E-state index is 0.181. The number of carbonyl (C=O) groups is 1. The molecule has 0 heterocycles. The topological polar surface area (TPSA) is 63.3 Å². The van der Waals surface area contributed by atoms with Gasteiger partial charge in [-0.25, -0.2) is 0 Å². The van der Waals surface area contributed by atoms with Gasteiger partial charge in [0.15, 0.2) is 5.78 Å². The third kappa shape index (κ3) is 1.75. The standard InChI is InChI=1S/C12H14ClNO2/c13-9-5-2-1-4-8(9)12(14)7-3-6-10(15)11(12)16/h1-2,4-5,10,15H,3,6-7,14H2/i3D2. The molecule has 2 rings (SSSR count). The Hall–Kier alpha value is -0.900. The van der Waals surface area contributed by atoms with Gasteiger partial charge in [0.05, 0.1) is 0 Å². The summed E-state index contributed by atoms with van der Waals surface area (Å²) < 4.78 is 15.5. The molecular weight excluding hydrogens is 226 g/mol. The van der Waals surface area contributed by atoms with Crippen LogP contribution < -0.4 is 5.73 Å². The minimum atomic E-state index is -1.69. The van der Waals surface area contributed by atoms with Crippen LogP contribution in [0.5, 0.6) is 0 Å². The van der Waals surface area contributed by atoms with Crippen LogP contribution in [0.3, 0.4) is 0 Å². The summed E-state index contributed by atoms with van der Waals surface area (Å²) in [5.74, 6) is -0.578. The van der Waals surface area contributed by atoms with E-state index >= 15 is 0 Å². The Balaban J connectivity index is 2.52. The molecule has 1 saturated carbocycles. The fourth-order valence-electron chi connectivity index (χ4n) is 1.93. The van der Waals surface area contributed by atoms with E-state index in [1.807, 2.05) is 0 Å². The van der Waals surface area contributed by atoms with E-state index in [0.29, 0.717) is 10.6 Å². The fraction of sp³-hybridized carbons (Fsp3) is 0.417. The number of ketones is 1. The Bertz CT molecular complexity index is 495. The predicted octanol–water partition coefficient (Wildman–Crippen LogP) is 1.61. The second-order valence-electron chi connectivity index (χ2n) is 3.96. The monoisotopic (exact) mass is 241 g/mol. The van der Waals surface area contributed by atoms with E-state index in [1.54, 1.807) is 24.3 Å². The van der Waals surface area contributed by atoms with Crippen molar-refractivity contribution >= 4 is 17.4 Å². The van der Waals surface area contributed by atoms with Crippen molar-refractivity contribution < 1.29 is 12.6 Å². The highest BCUT2D eigenvalue weighted by Gasteiger charge is 2.43. The summed E-state index contributed by atoms with van der Waals surface area (Å²) in [5.41, 5.74) is 4.85. The summed E-state index contributed by atoms with van der Waals surface area (Å²) in [7, 11) is 0. The van der Waals surface area contributed by atoms with Crippen LogP contribution in [0.4, 0.5) is 0 Å². The summed E-state index contributed by atoms with van der Waals surface area (Å²) >= 11 is 6.02. The van der Waals surface area contributed by atoms with Crippen LogP contribution in [0.15, 0.2) is 24.3 Å². The van der Waals surface area contributed by atoms with Gasteiger partial charge >= 0.3 is 0 Å². The van der Waals surface area contributed by atoms with Gasteiger partial charge in [0.1, 0.15) is 11.6 Å². The van der Waals surface area contributed by atoms with Crippen LogP contribution in [0.1, 0.15) is 27.5 Å². The minimum Gasteiger partial charge on any atom is -0.385 e. The zero-order chi connectivity index (χ0) is 13.6. The van der Waals surface area contributed by atoms with Crippen molar-refractivity contribution in [3.05, 3.63) is 34.9 Å². The average molecular weight is 242 g/mol. The van der Waals surface area contributed by atoms with Gasteiger partial charge in [0, 0.05) is 7.76 Å². The number of halogens is 1. The smallest absolute Gasteiger partial charge is 0.185 e. The van der Waals surface area contributed by atoms with Gasteiger partial charge in [-0.3, -0.25) is 4.79 Å². The number of hydrogen-bond acceptors (Lipinski definition) is 3. The number of Topliss-reactive ketones (excluding diaryl/α,β-unsaturated/α-hetero) is 1. The molecule has 1 aliphatic rings. The third-order valence-electron chi connectivity index (χ3n) is 2.84. The Morgan fingerprint density at radius 2 is 2.25 bits per heavy atom. The molecule has 1 aliphatic carbocycles. The largest absolute Gasteiger partial charge is 0.385 e. The van der Waals surface area contributed by atoms with Gasteiger partial charge in [-0.2, -0.15) is 0 Å². The van der Waals surface area contributed by atoms with Crippen LogP contribution >= 0.6 is 11.6 Å². The van der Waals surface area contributed by atoms with Crippen LogP contribution in [-0.2, 0) is 10.3 Å². The molecule has 1 aromatic rings. The van der Waals surface area contributed by atoms with E-state index in [9.17, 15) is 9.90 Å². The Morgan fingerprint density at radius 1 is 1.56 bits per heavy atom.